The van der Waals surface area contributed by atoms with Crippen LogP contribution < -0.4 is 0 Å². The van der Waals surface area contributed by atoms with Crippen LogP contribution in [-0.2, 0) is 0 Å². The lowest BCUT2D eigenvalue weighted by Gasteiger charge is -2.32. The Hall–Kier alpha value is -2.18. The number of rotatable bonds is 4. The number of hydrogen-bond acceptors (Lipinski definition) is 3. The van der Waals surface area contributed by atoms with Gasteiger partial charge in [-0.15, -0.1) is 0 Å². The van der Waals surface area contributed by atoms with Crippen LogP contribution in [0, 0.1) is 30.1 Å². The molecule has 2 fully saturated rings. The minimum absolute atomic E-state index is 0.129. The molecule has 1 saturated carbocycles. The Morgan fingerprint density at radius 1 is 1.24 bits per heavy atom. The molecule has 0 spiro atoms. The Kier molecular flexibility index (Phi) is 4.31. The normalized spacial score (nSPS) is 21.2. The van der Waals surface area contributed by atoms with Gasteiger partial charge >= 0.3 is 0 Å². The number of piperidine rings is 1. The van der Waals surface area contributed by atoms with Crippen LogP contribution in [0.3, 0.4) is 0 Å². The van der Waals surface area contributed by atoms with Crippen molar-refractivity contribution in [3.05, 3.63) is 47.0 Å². The second-order valence-corrected chi connectivity index (χ2v) is 7.69. The van der Waals surface area contributed by atoms with Crippen LogP contribution in [0.5, 0.6) is 0 Å². The summed E-state index contributed by atoms with van der Waals surface area (Å²) in [5, 5.41) is 11.3. The van der Waals surface area contributed by atoms with Crippen molar-refractivity contribution in [2.24, 2.45) is 11.8 Å². The number of ketones is 1. The smallest absolute Gasteiger partial charge is 0.167 e. The average Bonchev–Trinajstić information content (AvgIpc) is 3.45. The van der Waals surface area contributed by atoms with Crippen LogP contribution in [0.4, 0.5) is 0 Å². The topological polar surface area (TPSA) is 44.1 Å². The fraction of sp³-hybridized carbons (Fsp3) is 0.455. The second-order valence-electron chi connectivity index (χ2n) is 7.69. The summed E-state index contributed by atoms with van der Waals surface area (Å²) < 4.78 is 0. The van der Waals surface area contributed by atoms with Gasteiger partial charge in [0.1, 0.15) is 0 Å². The van der Waals surface area contributed by atoms with Gasteiger partial charge in [0.2, 0.25) is 0 Å². The minimum atomic E-state index is 0.129. The van der Waals surface area contributed by atoms with Crippen molar-refractivity contribution < 1.29 is 4.79 Å². The first kappa shape index (κ1) is 16.3. The predicted octanol–water partition coefficient (Wildman–Crippen LogP) is 4.32. The Morgan fingerprint density at radius 2 is 2.08 bits per heavy atom. The van der Waals surface area contributed by atoms with Gasteiger partial charge in [0.05, 0.1) is 11.6 Å². The first-order valence-electron chi connectivity index (χ1n) is 9.36. The van der Waals surface area contributed by atoms with E-state index in [-0.39, 0.29) is 11.7 Å². The minimum Gasteiger partial charge on any atom is -0.302 e. The third-order valence-electron chi connectivity index (χ3n) is 5.78. The van der Waals surface area contributed by atoms with E-state index in [4.69, 9.17) is 0 Å². The predicted molar refractivity (Wildman–Crippen MR) is 99.6 cm³/mol. The van der Waals surface area contributed by atoms with Crippen molar-refractivity contribution in [3.63, 3.8) is 0 Å². The molecule has 0 bridgehead atoms. The number of nitriles is 1. The Bertz CT molecular complexity index is 860. The lowest BCUT2D eigenvalue weighted by atomic mass is 9.88. The number of fused-ring (bicyclic) bond motifs is 1. The molecule has 2 aliphatic rings. The van der Waals surface area contributed by atoms with Gasteiger partial charge in [-0.3, -0.25) is 4.79 Å². The second kappa shape index (κ2) is 6.61. The lowest BCUT2D eigenvalue weighted by Crippen LogP contribution is -2.39. The summed E-state index contributed by atoms with van der Waals surface area (Å²) in [5.74, 6) is 1.29. The van der Waals surface area contributed by atoms with Crippen molar-refractivity contribution in [1.82, 2.24) is 4.90 Å². The fourth-order valence-corrected chi connectivity index (χ4v) is 4.10. The molecule has 2 aromatic carbocycles. The van der Waals surface area contributed by atoms with Crippen LogP contribution in [0.15, 0.2) is 30.3 Å². The van der Waals surface area contributed by atoms with E-state index in [1.807, 2.05) is 37.3 Å². The first-order valence-corrected chi connectivity index (χ1v) is 9.36. The highest BCUT2D eigenvalue weighted by atomic mass is 16.1. The molecule has 1 atom stereocenters. The monoisotopic (exact) mass is 332 g/mol. The van der Waals surface area contributed by atoms with Crippen LogP contribution in [0.25, 0.3) is 10.8 Å². The van der Waals surface area contributed by atoms with Crippen LogP contribution in [0.2, 0.25) is 0 Å². The molecule has 3 nitrogen and oxygen atoms in total. The third-order valence-corrected chi connectivity index (χ3v) is 5.78. The summed E-state index contributed by atoms with van der Waals surface area (Å²) in [6.45, 7) is 5.21. The Morgan fingerprint density at radius 3 is 2.84 bits per heavy atom. The van der Waals surface area contributed by atoms with Crippen molar-refractivity contribution in [2.45, 2.75) is 32.6 Å². The fourth-order valence-electron chi connectivity index (χ4n) is 4.10. The van der Waals surface area contributed by atoms with Gasteiger partial charge in [0, 0.05) is 24.6 Å². The number of Topliss-reactive ketones (excluding diaryl/α,β-unsaturated/α-hetero) is 1. The van der Waals surface area contributed by atoms with E-state index >= 15 is 0 Å². The molecule has 128 valence electrons. The molecule has 1 unspecified atom stereocenters. The molecule has 0 N–H and O–H groups in total. The molecule has 2 aromatic rings. The molecule has 0 radical (unpaired) electrons. The van der Waals surface area contributed by atoms with Crippen LogP contribution in [0.1, 0.15) is 47.2 Å². The van der Waals surface area contributed by atoms with E-state index in [0.717, 1.165) is 53.7 Å². The molecule has 1 heterocycles. The maximum atomic E-state index is 13.0. The zero-order valence-electron chi connectivity index (χ0n) is 14.8. The first-order chi connectivity index (χ1) is 12.2. The van der Waals surface area contributed by atoms with Gasteiger partial charge in [0.15, 0.2) is 5.78 Å². The quantitative estimate of drug-likeness (QED) is 0.783. The highest BCUT2D eigenvalue weighted by Crippen LogP contribution is 2.32. The maximum Gasteiger partial charge on any atom is 0.167 e. The van der Waals surface area contributed by atoms with Gasteiger partial charge in [0.25, 0.3) is 0 Å². The summed E-state index contributed by atoms with van der Waals surface area (Å²) >= 11 is 0. The van der Waals surface area contributed by atoms with Gasteiger partial charge in [-0.2, -0.15) is 5.26 Å². The molecule has 3 heteroatoms. The number of carbonyl (C=O) groups excluding carboxylic acids is 1. The number of aryl methyl sites for hydroxylation is 1. The molecule has 0 amide bonds. The van der Waals surface area contributed by atoms with Gasteiger partial charge < -0.3 is 4.90 Å². The van der Waals surface area contributed by atoms with Crippen LogP contribution in [-0.4, -0.2) is 30.3 Å². The number of benzene rings is 2. The number of hydrogen-bond donors (Lipinski definition) is 0. The highest BCUT2D eigenvalue weighted by Gasteiger charge is 2.30. The number of carbonyl (C=O) groups is 1. The molecule has 1 aliphatic heterocycles. The van der Waals surface area contributed by atoms with E-state index < -0.39 is 0 Å². The summed E-state index contributed by atoms with van der Waals surface area (Å²) in [7, 11) is 0. The molecular weight excluding hydrogens is 308 g/mol. The molecule has 4 rings (SSSR count). The van der Waals surface area contributed by atoms with Crippen molar-refractivity contribution in [2.75, 3.05) is 19.6 Å². The zero-order chi connectivity index (χ0) is 17.4. The number of likely N-dealkylation sites (tertiary alicyclic amines) is 1. The molecular formula is C22H24N2O. The van der Waals surface area contributed by atoms with E-state index in [1.165, 1.54) is 19.4 Å². The van der Waals surface area contributed by atoms with Gasteiger partial charge in [-0.25, -0.2) is 0 Å². The SMILES string of the molecule is Cc1c(C#N)ccc2cc(C(=O)C3CCCN(CC4CC4)C3)ccc12. The third kappa shape index (κ3) is 3.32. The maximum absolute atomic E-state index is 13.0. The van der Waals surface area contributed by atoms with E-state index in [0.29, 0.717) is 5.56 Å². The van der Waals surface area contributed by atoms with Crippen molar-refractivity contribution in [1.29, 1.82) is 5.26 Å². The largest absolute Gasteiger partial charge is 0.302 e. The molecule has 1 aliphatic carbocycles. The lowest BCUT2D eigenvalue weighted by molar-refractivity contribution is 0.0815. The molecule has 0 aromatic heterocycles. The van der Waals surface area contributed by atoms with E-state index in [2.05, 4.69) is 11.0 Å². The Balaban J connectivity index is 1.56. The van der Waals surface area contributed by atoms with E-state index in [1.54, 1.807) is 0 Å². The Labute approximate surface area is 149 Å². The number of nitrogens with zero attached hydrogens (tertiary/aromatic N) is 2. The van der Waals surface area contributed by atoms with Crippen molar-refractivity contribution >= 4 is 16.6 Å². The van der Waals surface area contributed by atoms with Crippen LogP contribution >= 0.6 is 0 Å². The van der Waals surface area contributed by atoms with Crippen molar-refractivity contribution in [3.8, 4) is 6.07 Å². The van der Waals surface area contributed by atoms with Gasteiger partial charge in [-0.05, 0) is 73.5 Å². The highest BCUT2D eigenvalue weighted by molar-refractivity contribution is 6.02. The summed E-state index contributed by atoms with van der Waals surface area (Å²) in [6, 6.07) is 12.0. The summed E-state index contributed by atoms with van der Waals surface area (Å²) in [6.07, 6.45) is 4.86. The van der Waals surface area contributed by atoms with Gasteiger partial charge in [-0.1, -0.05) is 18.2 Å². The standard InChI is InChI=1S/C22H24N2O/c1-15-19(12-23)7-6-17-11-18(8-9-21(15)17)22(25)20-3-2-10-24(14-20)13-16-4-5-16/h6-9,11,16,20H,2-5,10,13-14H2,1H3. The summed E-state index contributed by atoms with van der Waals surface area (Å²) in [4.78, 5) is 15.5. The van der Waals surface area contributed by atoms with E-state index in [9.17, 15) is 10.1 Å². The zero-order valence-corrected chi connectivity index (χ0v) is 14.8. The summed E-state index contributed by atoms with van der Waals surface area (Å²) in [5.41, 5.74) is 2.51. The molecule has 1 saturated heterocycles. The average molecular weight is 332 g/mol. The molecule has 25 heavy (non-hydrogen) atoms.